The smallest absolute Gasteiger partial charge is 0.0497 e. The molecule has 2 aromatic rings. The van der Waals surface area contributed by atoms with Crippen LogP contribution in [0.1, 0.15) is 76.1 Å². The van der Waals surface area contributed by atoms with E-state index < -0.39 is 0 Å². The first-order chi connectivity index (χ1) is 16.0. The summed E-state index contributed by atoms with van der Waals surface area (Å²) in [6.07, 6.45) is 12.4. The lowest BCUT2D eigenvalue weighted by atomic mass is 9.88. The molecular weight excluding hydrogens is 402 g/mol. The molecule has 1 aliphatic rings. The zero-order valence-electron chi connectivity index (χ0n) is 21.6. The molecule has 0 bridgehead atoms. The number of aromatic nitrogens is 1. The highest BCUT2D eigenvalue weighted by atomic mass is 15.1. The van der Waals surface area contributed by atoms with Crippen LogP contribution in [0.15, 0.2) is 48.6 Å². The van der Waals surface area contributed by atoms with Crippen LogP contribution in [0.25, 0.3) is 16.5 Å². The third-order valence-electron chi connectivity index (χ3n) is 7.60. The van der Waals surface area contributed by atoms with Crippen LogP contribution in [0.4, 0.5) is 0 Å². The van der Waals surface area contributed by atoms with Crippen molar-refractivity contribution < 1.29 is 0 Å². The molecule has 180 valence electrons. The van der Waals surface area contributed by atoms with Crippen molar-refractivity contribution in [3.05, 3.63) is 65.4 Å². The van der Waals surface area contributed by atoms with Crippen molar-refractivity contribution in [2.45, 2.75) is 65.7 Å². The Bertz CT molecular complexity index is 970. The van der Waals surface area contributed by atoms with Gasteiger partial charge in [-0.2, -0.15) is 0 Å². The van der Waals surface area contributed by atoms with Crippen molar-refractivity contribution in [2.24, 2.45) is 5.92 Å². The maximum atomic E-state index is 3.99. The highest BCUT2D eigenvalue weighted by Gasteiger charge is 2.22. The number of likely N-dealkylation sites (tertiary alicyclic amines) is 1. The van der Waals surface area contributed by atoms with Crippen molar-refractivity contribution in [3.8, 4) is 0 Å². The van der Waals surface area contributed by atoms with Gasteiger partial charge in [0.2, 0.25) is 0 Å². The second-order valence-electron chi connectivity index (χ2n) is 9.77. The number of nitrogens with zero attached hydrogens (tertiary/aromatic N) is 1. The van der Waals surface area contributed by atoms with Gasteiger partial charge in [0.05, 0.1) is 0 Å². The van der Waals surface area contributed by atoms with E-state index in [1.165, 1.54) is 77.8 Å². The Balaban J connectivity index is 1.86. The number of benzene rings is 1. The van der Waals surface area contributed by atoms with E-state index in [1.54, 1.807) is 0 Å². The molecule has 33 heavy (non-hydrogen) atoms. The molecule has 1 atom stereocenters. The van der Waals surface area contributed by atoms with Gasteiger partial charge in [0.15, 0.2) is 0 Å². The van der Waals surface area contributed by atoms with Crippen LogP contribution in [0.3, 0.4) is 0 Å². The number of nitrogens with one attached hydrogen (secondary N) is 2. The minimum Gasteiger partial charge on any atom is -0.354 e. The summed E-state index contributed by atoms with van der Waals surface area (Å²) in [6.45, 7) is 17.8. The molecule has 0 amide bonds. The third kappa shape index (κ3) is 6.28. The Morgan fingerprint density at radius 1 is 1.27 bits per heavy atom. The highest BCUT2D eigenvalue weighted by molar-refractivity contribution is 5.92. The van der Waals surface area contributed by atoms with E-state index in [0.29, 0.717) is 11.8 Å². The first kappa shape index (κ1) is 25.5. The van der Waals surface area contributed by atoms with Crippen LogP contribution in [0.2, 0.25) is 0 Å². The molecule has 0 spiro atoms. The van der Waals surface area contributed by atoms with E-state index in [-0.39, 0.29) is 0 Å². The topological polar surface area (TPSA) is 31.1 Å². The summed E-state index contributed by atoms with van der Waals surface area (Å²) in [7, 11) is 2.04. The van der Waals surface area contributed by atoms with E-state index in [1.807, 2.05) is 13.1 Å². The van der Waals surface area contributed by atoms with E-state index in [9.17, 15) is 0 Å². The first-order valence-electron chi connectivity index (χ1n) is 13.0. The molecule has 1 saturated heterocycles. The summed E-state index contributed by atoms with van der Waals surface area (Å²) >= 11 is 0. The minimum absolute atomic E-state index is 0.586. The Morgan fingerprint density at radius 3 is 2.67 bits per heavy atom. The quantitative estimate of drug-likeness (QED) is 0.285. The molecule has 1 aromatic carbocycles. The van der Waals surface area contributed by atoms with Gasteiger partial charge < -0.3 is 15.2 Å². The Hall–Kier alpha value is -2.10. The second kappa shape index (κ2) is 12.4. The number of aryl methyl sites for hydroxylation is 1. The lowest BCUT2D eigenvalue weighted by Gasteiger charge is -2.32. The van der Waals surface area contributed by atoms with Crippen LogP contribution in [-0.4, -0.2) is 43.1 Å². The number of hydrogen-bond donors (Lipinski definition) is 2. The minimum atomic E-state index is 0.586. The average Bonchev–Trinajstić information content (AvgIpc) is 3.21. The molecule has 0 aliphatic carbocycles. The summed E-state index contributed by atoms with van der Waals surface area (Å²) in [5, 5.41) is 4.66. The van der Waals surface area contributed by atoms with Crippen molar-refractivity contribution >= 4 is 16.5 Å². The van der Waals surface area contributed by atoms with Crippen molar-refractivity contribution in [1.82, 2.24) is 15.2 Å². The number of piperidine rings is 1. The Labute approximate surface area is 202 Å². The molecule has 3 heteroatoms. The Morgan fingerprint density at radius 2 is 2.03 bits per heavy atom. The van der Waals surface area contributed by atoms with Gasteiger partial charge in [0, 0.05) is 16.6 Å². The van der Waals surface area contributed by atoms with Crippen molar-refractivity contribution in [1.29, 1.82) is 0 Å². The Kier molecular flexibility index (Phi) is 9.58. The van der Waals surface area contributed by atoms with Gasteiger partial charge in [-0.25, -0.2) is 0 Å². The van der Waals surface area contributed by atoms with Gasteiger partial charge in [-0.1, -0.05) is 57.2 Å². The van der Waals surface area contributed by atoms with Gasteiger partial charge in [0.1, 0.15) is 0 Å². The van der Waals surface area contributed by atoms with Gasteiger partial charge >= 0.3 is 0 Å². The SMILES string of the molecule is C=C/C=C(\C=C(\C)C(C)CC)c1[nH]c2ccc(C3CCN(CCCNC)CC3)cc2c1CC. The molecular formula is C30H45N3. The van der Waals surface area contributed by atoms with E-state index in [0.717, 1.165) is 19.4 Å². The first-order valence-corrected chi connectivity index (χ1v) is 13.0. The van der Waals surface area contributed by atoms with Crippen LogP contribution in [0, 0.1) is 5.92 Å². The standard InChI is InChI=1S/C30H45N3/c1-7-11-26(20-23(5)22(4)8-2)30-27(9-3)28-21-25(12-13-29(28)32-30)24-14-18-33(19-15-24)17-10-16-31-6/h7,11-13,20-22,24,31-32H,1,8-10,14-19H2,2-6H3/b23-20-,26-11+. The van der Waals surface area contributed by atoms with Crippen LogP contribution >= 0.6 is 0 Å². The molecule has 2 N–H and O–H groups in total. The second-order valence-corrected chi connectivity index (χ2v) is 9.77. The normalized spacial score (nSPS) is 17.6. The summed E-state index contributed by atoms with van der Waals surface area (Å²) in [4.78, 5) is 6.39. The van der Waals surface area contributed by atoms with E-state index in [2.05, 4.69) is 79.8 Å². The lowest BCUT2D eigenvalue weighted by Crippen LogP contribution is -2.34. The zero-order chi connectivity index (χ0) is 23.8. The molecule has 1 unspecified atom stereocenters. The molecule has 2 heterocycles. The third-order valence-corrected chi connectivity index (χ3v) is 7.60. The largest absolute Gasteiger partial charge is 0.354 e. The molecule has 3 rings (SSSR count). The van der Waals surface area contributed by atoms with Crippen LogP contribution in [-0.2, 0) is 6.42 Å². The molecule has 1 aliphatic heterocycles. The lowest BCUT2D eigenvalue weighted by molar-refractivity contribution is 0.210. The number of aromatic amines is 1. The highest BCUT2D eigenvalue weighted by Crippen LogP contribution is 2.35. The van der Waals surface area contributed by atoms with E-state index >= 15 is 0 Å². The van der Waals surface area contributed by atoms with Crippen LogP contribution < -0.4 is 5.32 Å². The number of allylic oxidation sites excluding steroid dienone is 5. The number of fused-ring (bicyclic) bond motifs is 1. The van der Waals surface area contributed by atoms with Gasteiger partial charge in [-0.3, -0.25) is 0 Å². The number of hydrogen-bond acceptors (Lipinski definition) is 2. The predicted octanol–water partition coefficient (Wildman–Crippen LogP) is 7.08. The van der Waals surface area contributed by atoms with Gasteiger partial charge in [-0.15, -0.1) is 0 Å². The monoisotopic (exact) mass is 447 g/mol. The van der Waals surface area contributed by atoms with Gasteiger partial charge in [0.25, 0.3) is 0 Å². The molecule has 1 aromatic heterocycles. The summed E-state index contributed by atoms with van der Waals surface area (Å²) in [6, 6.07) is 7.15. The molecule has 1 fully saturated rings. The fourth-order valence-electron chi connectivity index (χ4n) is 5.14. The van der Waals surface area contributed by atoms with E-state index in [4.69, 9.17) is 0 Å². The maximum Gasteiger partial charge on any atom is 0.0497 e. The average molecular weight is 448 g/mol. The zero-order valence-corrected chi connectivity index (χ0v) is 21.6. The number of H-pyrrole nitrogens is 1. The summed E-state index contributed by atoms with van der Waals surface area (Å²) in [5.74, 6) is 1.26. The molecule has 0 radical (unpaired) electrons. The molecule has 0 saturated carbocycles. The fraction of sp³-hybridized carbons (Fsp3) is 0.533. The fourth-order valence-corrected chi connectivity index (χ4v) is 5.14. The number of rotatable bonds is 11. The van der Waals surface area contributed by atoms with Crippen molar-refractivity contribution in [3.63, 3.8) is 0 Å². The summed E-state index contributed by atoms with van der Waals surface area (Å²) < 4.78 is 0. The van der Waals surface area contributed by atoms with Crippen molar-refractivity contribution in [2.75, 3.05) is 33.2 Å². The summed E-state index contributed by atoms with van der Waals surface area (Å²) in [5.41, 5.74) is 8.11. The molecule has 3 nitrogen and oxygen atoms in total. The van der Waals surface area contributed by atoms with Crippen LogP contribution in [0.5, 0.6) is 0 Å². The predicted molar refractivity (Wildman–Crippen MR) is 146 cm³/mol. The van der Waals surface area contributed by atoms with Gasteiger partial charge in [-0.05, 0) is 113 Å². The maximum absolute atomic E-state index is 3.99.